The van der Waals surface area contributed by atoms with E-state index >= 15 is 0 Å². The van der Waals surface area contributed by atoms with Crippen molar-refractivity contribution in [3.05, 3.63) is 35.4 Å². The van der Waals surface area contributed by atoms with Crippen LogP contribution in [0.1, 0.15) is 49.2 Å². The number of rotatable bonds is 3. The topological polar surface area (TPSA) is 46.5 Å². The lowest BCUT2D eigenvalue weighted by molar-refractivity contribution is 0.238. The zero-order valence-corrected chi connectivity index (χ0v) is 11.8. The number of aryl methyl sites for hydroxylation is 2. The van der Waals surface area contributed by atoms with Gasteiger partial charge in [0.15, 0.2) is 0 Å². The summed E-state index contributed by atoms with van der Waals surface area (Å²) >= 11 is 0. The van der Waals surface area contributed by atoms with Crippen molar-refractivity contribution in [3.63, 3.8) is 0 Å². The van der Waals surface area contributed by atoms with E-state index in [0.717, 1.165) is 12.2 Å². The van der Waals surface area contributed by atoms with Crippen LogP contribution in [0.4, 0.5) is 0 Å². The standard InChI is InChI=1S/C15H22N4/c1-12-10-13(2)19(18-12)11-15(7-4-3-5-8-15)14-6-9-16-17-14/h6,9-10H,3-5,7-8,11H2,1-2H3,(H,16,17). The predicted molar refractivity (Wildman–Crippen MR) is 75.1 cm³/mol. The maximum absolute atomic E-state index is 4.64. The molecule has 2 heterocycles. The molecule has 3 rings (SSSR count). The molecule has 0 aliphatic heterocycles. The molecule has 1 N–H and O–H groups in total. The normalized spacial score (nSPS) is 18.6. The van der Waals surface area contributed by atoms with Gasteiger partial charge in [0.05, 0.1) is 12.2 Å². The van der Waals surface area contributed by atoms with E-state index in [4.69, 9.17) is 0 Å². The Kier molecular flexibility index (Phi) is 3.17. The van der Waals surface area contributed by atoms with E-state index in [2.05, 4.69) is 46.0 Å². The molecule has 19 heavy (non-hydrogen) atoms. The molecular formula is C15H22N4. The van der Waals surface area contributed by atoms with E-state index in [-0.39, 0.29) is 5.41 Å². The monoisotopic (exact) mass is 258 g/mol. The number of aromatic nitrogens is 4. The summed E-state index contributed by atoms with van der Waals surface area (Å²) in [6, 6.07) is 4.29. The van der Waals surface area contributed by atoms with E-state index in [9.17, 15) is 0 Å². The zero-order valence-electron chi connectivity index (χ0n) is 11.8. The van der Waals surface area contributed by atoms with E-state index in [1.54, 1.807) is 0 Å². The van der Waals surface area contributed by atoms with Crippen molar-refractivity contribution < 1.29 is 0 Å². The van der Waals surface area contributed by atoms with Gasteiger partial charge in [-0.15, -0.1) is 0 Å². The highest BCUT2D eigenvalue weighted by Gasteiger charge is 2.36. The molecule has 4 nitrogen and oxygen atoms in total. The fraction of sp³-hybridized carbons (Fsp3) is 0.600. The van der Waals surface area contributed by atoms with Gasteiger partial charge >= 0.3 is 0 Å². The molecule has 0 unspecified atom stereocenters. The first-order chi connectivity index (χ1) is 9.20. The molecule has 2 aromatic rings. The van der Waals surface area contributed by atoms with Gasteiger partial charge in [0.2, 0.25) is 0 Å². The third-order valence-electron chi connectivity index (χ3n) is 4.44. The van der Waals surface area contributed by atoms with E-state index in [1.807, 2.05) is 6.20 Å². The lowest BCUT2D eigenvalue weighted by atomic mass is 9.71. The Morgan fingerprint density at radius 2 is 2.05 bits per heavy atom. The number of hydrogen-bond acceptors (Lipinski definition) is 2. The summed E-state index contributed by atoms with van der Waals surface area (Å²) in [6.07, 6.45) is 8.29. The van der Waals surface area contributed by atoms with Crippen LogP contribution >= 0.6 is 0 Å². The number of aromatic amines is 1. The lowest BCUT2D eigenvalue weighted by Gasteiger charge is -2.36. The molecule has 0 aromatic carbocycles. The molecule has 1 saturated carbocycles. The van der Waals surface area contributed by atoms with Crippen LogP contribution in [0.3, 0.4) is 0 Å². The summed E-state index contributed by atoms with van der Waals surface area (Å²) < 4.78 is 2.17. The van der Waals surface area contributed by atoms with Crippen LogP contribution in [0.15, 0.2) is 18.3 Å². The van der Waals surface area contributed by atoms with Gasteiger partial charge in [0.1, 0.15) is 0 Å². The molecule has 1 aliphatic rings. The molecule has 1 fully saturated rings. The molecule has 0 saturated heterocycles. The second-order valence-electron chi connectivity index (χ2n) is 5.90. The van der Waals surface area contributed by atoms with Crippen LogP contribution in [-0.2, 0) is 12.0 Å². The quantitative estimate of drug-likeness (QED) is 0.919. The highest BCUT2D eigenvalue weighted by atomic mass is 15.3. The van der Waals surface area contributed by atoms with Crippen molar-refractivity contribution in [2.45, 2.75) is 57.9 Å². The van der Waals surface area contributed by atoms with E-state index in [1.165, 1.54) is 43.5 Å². The number of nitrogens with one attached hydrogen (secondary N) is 1. The van der Waals surface area contributed by atoms with Crippen molar-refractivity contribution in [3.8, 4) is 0 Å². The first-order valence-corrected chi connectivity index (χ1v) is 7.21. The Bertz CT molecular complexity index is 533. The third-order valence-corrected chi connectivity index (χ3v) is 4.44. The molecule has 0 radical (unpaired) electrons. The molecule has 102 valence electrons. The molecule has 1 aliphatic carbocycles. The van der Waals surface area contributed by atoms with E-state index in [0.29, 0.717) is 0 Å². The lowest BCUT2D eigenvalue weighted by Crippen LogP contribution is -2.35. The van der Waals surface area contributed by atoms with Crippen LogP contribution in [0.2, 0.25) is 0 Å². The minimum absolute atomic E-state index is 0.192. The van der Waals surface area contributed by atoms with Gasteiger partial charge in [0, 0.05) is 23.0 Å². The summed E-state index contributed by atoms with van der Waals surface area (Å²) in [7, 11) is 0. The van der Waals surface area contributed by atoms with Gasteiger partial charge in [-0.3, -0.25) is 9.78 Å². The van der Waals surface area contributed by atoms with Crippen molar-refractivity contribution in [2.75, 3.05) is 0 Å². The van der Waals surface area contributed by atoms with Gasteiger partial charge in [-0.05, 0) is 38.8 Å². The molecular weight excluding hydrogens is 236 g/mol. The molecule has 0 amide bonds. The van der Waals surface area contributed by atoms with Gasteiger partial charge in [-0.25, -0.2) is 0 Å². The third kappa shape index (κ3) is 2.31. The summed E-state index contributed by atoms with van der Waals surface area (Å²) in [5, 5.41) is 12.0. The summed E-state index contributed by atoms with van der Waals surface area (Å²) in [5.41, 5.74) is 3.83. The first-order valence-electron chi connectivity index (χ1n) is 7.21. The van der Waals surface area contributed by atoms with Crippen LogP contribution in [0.5, 0.6) is 0 Å². The Morgan fingerprint density at radius 1 is 1.26 bits per heavy atom. The molecule has 0 spiro atoms. The van der Waals surface area contributed by atoms with Gasteiger partial charge in [-0.2, -0.15) is 10.2 Å². The van der Waals surface area contributed by atoms with Gasteiger partial charge in [-0.1, -0.05) is 19.3 Å². The fourth-order valence-corrected chi connectivity index (χ4v) is 3.41. The predicted octanol–water partition coefficient (Wildman–Crippen LogP) is 3.13. The smallest absolute Gasteiger partial charge is 0.0596 e. The second-order valence-corrected chi connectivity index (χ2v) is 5.90. The Morgan fingerprint density at radius 3 is 2.63 bits per heavy atom. The SMILES string of the molecule is Cc1cc(C)n(CC2(c3ccn[nH]3)CCCCC2)n1. The van der Waals surface area contributed by atoms with Crippen LogP contribution in [-0.4, -0.2) is 20.0 Å². The average molecular weight is 258 g/mol. The summed E-state index contributed by atoms with van der Waals surface area (Å²) in [5.74, 6) is 0. The minimum Gasteiger partial charge on any atom is -0.282 e. The molecule has 2 aromatic heterocycles. The summed E-state index contributed by atoms with van der Waals surface area (Å²) in [6.45, 7) is 5.17. The second kappa shape index (κ2) is 4.83. The van der Waals surface area contributed by atoms with Crippen molar-refractivity contribution >= 4 is 0 Å². The first kappa shape index (κ1) is 12.5. The van der Waals surface area contributed by atoms with Crippen LogP contribution in [0, 0.1) is 13.8 Å². The van der Waals surface area contributed by atoms with Crippen LogP contribution < -0.4 is 0 Å². The maximum Gasteiger partial charge on any atom is 0.0596 e. The highest BCUT2D eigenvalue weighted by Crippen LogP contribution is 2.40. The largest absolute Gasteiger partial charge is 0.282 e. The Balaban J connectivity index is 1.94. The molecule has 0 atom stereocenters. The fourth-order valence-electron chi connectivity index (χ4n) is 3.41. The zero-order chi connectivity index (χ0) is 13.3. The van der Waals surface area contributed by atoms with Crippen molar-refractivity contribution in [2.24, 2.45) is 0 Å². The molecule has 4 heteroatoms. The van der Waals surface area contributed by atoms with E-state index < -0.39 is 0 Å². The minimum atomic E-state index is 0.192. The van der Waals surface area contributed by atoms with Crippen molar-refractivity contribution in [1.29, 1.82) is 0 Å². The number of nitrogens with zero attached hydrogens (tertiary/aromatic N) is 3. The number of hydrogen-bond donors (Lipinski definition) is 1. The average Bonchev–Trinajstić information content (AvgIpc) is 3.02. The van der Waals surface area contributed by atoms with Gasteiger partial charge in [0.25, 0.3) is 0 Å². The number of H-pyrrole nitrogens is 1. The Labute approximate surface area is 114 Å². The van der Waals surface area contributed by atoms with Gasteiger partial charge < -0.3 is 0 Å². The highest BCUT2D eigenvalue weighted by molar-refractivity contribution is 5.17. The van der Waals surface area contributed by atoms with Crippen LogP contribution in [0.25, 0.3) is 0 Å². The maximum atomic E-state index is 4.64. The van der Waals surface area contributed by atoms with Crippen molar-refractivity contribution in [1.82, 2.24) is 20.0 Å². The summed E-state index contributed by atoms with van der Waals surface area (Å²) in [4.78, 5) is 0. The molecule has 0 bridgehead atoms. The Hall–Kier alpha value is -1.58.